The molecule has 2 aromatic heterocycles. The van der Waals surface area contributed by atoms with Crippen molar-refractivity contribution in [2.24, 2.45) is 11.8 Å². The molecule has 0 amide bonds. The van der Waals surface area contributed by atoms with E-state index in [4.69, 9.17) is 18.9 Å². The molecular weight excluding hydrogens is 458 g/mol. The Morgan fingerprint density at radius 3 is 2.78 bits per heavy atom. The third-order valence-electron chi connectivity index (χ3n) is 7.65. The third-order valence-corrected chi connectivity index (χ3v) is 7.65. The first kappa shape index (κ1) is 24.8. The lowest BCUT2D eigenvalue weighted by molar-refractivity contribution is -0.112. The molecule has 5 atom stereocenters. The average Bonchev–Trinajstić information content (AvgIpc) is 3.39. The number of fused-ring (bicyclic) bond motifs is 4. The van der Waals surface area contributed by atoms with Gasteiger partial charge in [-0.15, -0.1) is 11.7 Å². The highest BCUT2D eigenvalue weighted by molar-refractivity contribution is 5.84. The maximum absolute atomic E-state index is 6.71. The van der Waals surface area contributed by atoms with Crippen molar-refractivity contribution in [1.82, 2.24) is 24.9 Å². The summed E-state index contributed by atoms with van der Waals surface area (Å²) in [5.41, 5.74) is 2.82. The molecule has 6 rings (SSSR count). The molecule has 3 aliphatic heterocycles. The van der Waals surface area contributed by atoms with Crippen LogP contribution in [0.3, 0.4) is 0 Å². The zero-order chi connectivity index (χ0) is 25.1. The Hall–Kier alpha value is -2.85. The molecule has 0 spiro atoms. The molecule has 0 radical (unpaired) electrons. The van der Waals surface area contributed by atoms with E-state index >= 15 is 0 Å². The molecule has 36 heavy (non-hydrogen) atoms. The number of aromatic nitrogens is 4. The highest BCUT2D eigenvalue weighted by Crippen LogP contribution is 2.43. The van der Waals surface area contributed by atoms with E-state index in [-0.39, 0.29) is 18.4 Å². The first-order valence-electron chi connectivity index (χ1n) is 12.5. The summed E-state index contributed by atoms with van der Waals surface area (Å²) in [5, 5.41) is 9.61. The molecule has 0 saturated carbocycles. The molecule has 3 fully saturated rings. The summed E-state index contributed by atoms with van der Waals surface area (Å²) in [5.74, 6) is 1.98. The second kappa shape index (κ2) is 11.0. The lowest BCUT2D eigenvalue weighted by Crippen LogP contribution is -2.55. The fraction of sp³-hybridized carbons (Fsp3) is 0.519. The van der Waals surface area contributed by atoms with Gasteiger partial charge in [-0.25, -0.2) is 4.68 Å². The van der Waals surface area contributed by atoms with E-state index in [9.17, 15) is 0 Å². The van der Waals surface area contributed by atoms with Gasteiger partial charge in [0, 0.05) is 38.4 Å². The lowest BCUT2D eigenvalue weighted by Gasteiger charge is -2.51. The van der Waals surface area contributed by atoms with Crippen LogP contribution in [0.5, 0.6) is 5.75 Å². The van der Waals surface area contributed by atoms with Gasteiger partial charge in [0.25, 0.3) is 0 Å². The first-order valence-corrected chi connectivity index (χ1v) is 12.5. The first-order chi connectivity index (χ1) is 17.6. The van der Waals surface area contributed by atoms with Crippen LogP contribution in [0.25, 0.3) is 10.9 Å². The molecule has 3 saturated heterocycles. The minimum absolute atomic E-state index is 0.146. The van der Waals surface area contributed by atoms with E-state index in [0.29, 0.717) is 25.0 Å². The van der Waals surface area contributed by atoms with Gasteiger partial charge in [-0.3, -0.25) is 9.88 Å². The average molecular weight is 494 g/mol. The van der Waals surface area contributed by atoms with Crippen LogP contribution in [-0.4, -0.2) is 71.6 Å². The predicted molar refractivity (Wildman–Crippen MR) is 135 cm³/mol. The van der Waals surface area contributed by atoms with Gasteiger partial charge < -0.3 is 18.9 Å². The van der Waals surface area contributed by atoms with Crippen LogP contribution >= 0.6 is 0 Å². The van der Waals surface area contributed by atoms with Crippen molar-refractivity contribution in [3.63, 3.8) is 0 Å². The molecule has 0 N–H and O–H groups in total. The summed E-state index contributed by atoms with van der Waals surface area (Å²) >= 11 is 0. The van der Waals surface area contributed by atoms with Crippen molar-refractivity contribution in [3.8, 4) is 5.75 Å². The molecule has 3 aliphatic rings. The molecule has 1 aromatic carbocycles. The van der Waals surface area contributed by atoms with Crippen molar-refractivity contribution in [3.05, 3.63) is 60.6 Å². The number of hydrogen-bond donors (Lipinski definition) is 0. The fourth-order valence-electron chi connectivity index (χ4n) is 5.69. The van der Waals surface area contributed by atoms with Gasteiger partial charge in [0.05, 0.1) is 38.1 Å². The molecule has 0 aliphatic carbocycles. The molecule has 3 aromatic rings. The van der Waals surface area contributed by atoms with Gasteiger partial charge in [0.1, 0.15) is 11.4 Å². The van der Waals surface area contributed by atoms with Crippen molar-refractivity contribution in [2.45, 2.75) is 44.4 Å². The summed E-state index contributed by atoms with van der Waals surface area (Å²) < 4.78 is 24.5. The van der Waals surface area contributed by atoms with Gasteiger partial charge in [0.15, 0.2) is 6.29 Å². The molecule has 9 nitrogen and oxygen atoms in total. The van der Waals surface area contributed by atoms with Crippen LogP contribution in [-0.2, 0) is 27.4 Å². The second-order valence-electron chi connectivity index (χ2n) is 9.59. The number of hydrogen-bond acceptors (Lipinski definition) is 8. The van der Waals surface area contributed by atoms with E-state index in [1.807, 2.05) is 24.5 Å². The smallest absolute Gasteiger partial charge is 0.176 e. The lowest BCUT2D eigenvalue weighted by atomic mass is 9.73. The maximum Gasteiger partial charge on any atom is 0.176 e. The molecule has 192 valence electrons. The topological polar surface area (TPSA) is 83.8 Å². The molecular formula is C27H35N5O4. The Morgan fingerprint density at radius 2 is 2.06 bits per heavy atom. The minimum Gasteiger partial charge on any atom is -0.497 e. The van der Waals surface area contributed by atoms with E-state index in [1.165, 1.54) is 6.42 Å². The van der Waals surface area contributed by atoms with Crippen LogP contribution in [0.15, 0.2) is 49.3 Å². The van der Waals surface area contributed by atoms with Gasteiger partial charge in [0.2, 0.25) is 0 Å². The normalized spacial score (nSPS) is 24.3. The zero-order valence-corrected chi connectivity index (χ0v) is 21.2. The second-order valence-corrected chi connectivity index (χ2v) is 9.59. The number of pyridine rings is 1. The van der Waals surface area contributed by atoms with Crippen LogP contribution in [0, 0.1) is 11.8 Å². The van der Waals surface area contributed by atoms with E-state index in [0.717, 1.165) is 47.4 Å². The van der Waals surface area contributed by atoms with Crippen molar-refractivity contribution >= 4 is 10.9 Å². The predicted octanol–water partition coefficient (Wildman–Crippen LogP) is 3.61. The highest BCUT2D eigenvalue weighted by Gasteiger charge is 2.43. The third kappa shape index (κ3) is 5.01. The van der Waals surface area contributed by atoms with Gasteiger partial charge in [-0.1, -0.05) is 11.3 Å². The number of piperidine rings is 3. The van der Waals surface area contributed by atoms with Crippen LogP contribution in [0.4, 0.5) is 0 Å². The Kier molecular flexibility index (Phi) is 7.62. The van der Waals surface area contributed by atoms with E-state index in [1.54, 1.807) is 26.0 Å². The summed E-state index contributed by atoms with van der Waals surface area (Å²) in [6.45, 7) is 7.00. The summed E-state index contributed by atoms with van der Waals surface area (Å²) in [6.07, 6.45) is 7.64. The van der Waals surface area contributed by atoms with Crippen molar-refractivity contribution < 1.29 is 18.9 Å². The van der Waals surface area contributed by atoms with Crippen LogP contribution < -0.4 is 4.74 Å². The Bertz CT molecular complexity index is 1180. The summed E-state index contributed by atoms with van der Waals surface area (Å²) in [4.78, 5) is 7.17. The number of nitrogens with zero attached hydrogens (tertiary/aromatic N) is 5. The van der Waals surface area contributed by atoms with Crippen LogP contribution in [0.2, 0.25) is 0 Å². The summed E-state index contributed by atoms with van der Waals surface area (Å²) in [6, 6.07) is 8.35. The molecule has 2 bridgehead atoms. The zero-order valence-electron chi connectivity index (χ0n) is 21.2. The number of ether oxygens (including phenoxy) is 4. The molecule has 9 heteroatoms. The number of methoxy groups -OCH3 is 3. The minimum atomic E-state index is -0.380. The van der Waals surface area contributed by atoms with Gasteiger partial charge >= 0.3 is 0 Å². The monoisotopic (exact) mass is 493 g/mol. The maximum atomic E-state index is 6.71. The molecule has 1 unspecified atom stereocenters. The van der Waals surface area contributed by atoms with Gasteiger partial charge in [-0.05, 0) is 61.1 Å². The highest BCUT2D eigenvalue weighted by atomic mass is 16.7. The van der Waals surface area contributed by atoms with E-state index < -0.39 is 0 Å². The number of rotatable bonds is 11. The Balaban J connectivity index is 1.44. The molecule has 5 heterocycles. The van der Waals surface area contributed by atoms with Crippen LogP contribution in [0.1, 0.15) is 30.2 Å². The van der Waals surface area contributed by atoms with Crippen molar-refractivity contribution in [1.29, 1.82) is 0 Å². The largest absolute Gasteiger partial charge is 0.497 e. The standard InChI is InChI=1S/C27H35N5O4/c1-5-18-14-31-11-9-19(18)12-25(31)27(22-8-10-28-24-7-6-21(33-2)13-23(22)24)36-17-20-15-32(30-29-20)16-26(34-3)35-4/h5-8,10,13,15,18-19,25-27H,1,9,11-12,14,16-17H2,2-4H3/t18-,19-,25+,27+/m0/s1. The number of benzene rings is 1. The summed E-state index contributed by atoms with van der Waals surface area (Å²) in [7, 11) is 4.91. The SMILES string of the molecule is C=C[C@H]1CN2CC[C@H]1C[C@@H]2[C@H](OCc1cn(CC(OC)OC)nn1)c1ccnc2ccc(OC)cc12. The fourth-order valence-corrected chi connectivity index (χ4v) is 5.69. The Labute approximate surface area is 212 Å². The van der Waals surface area contributed by atoms with Gasteiger partial charge in [-0.2, -0.15) is 0 Å². The van der Waals surface area contributed by atoms with Crippen molar-refractivity contribution in [2.75, 3.05) is 34.4 Å². The Morgan fingerprint density at radius 1 is 1.19 bits per heavy atom. The van der Waals surface area contributed by atoms with E-state index in [2.05, 4.69) is 45.0 Å². The quantitative estimate of drug-likeness (QED) is 0.296.